The highest BCUT2D eigenvalue weighted by molar-refractivity contribution is 6.05. The molecule has 1 aromatic heterocycles. The van der Waals surface area contributed by atoms with Crippen LogP contribution in [0.3, 0.4) is 0 Å². The van der Waals surface area contributed by atoms with Gasteiger partial charge in [-0.3, -0.25) is 14.7 Å². The molecule has 3 aromatic carbocycles. The zero-order valence-corrected chi connectivity index (χ0v) is 17.8. The first-order chi connectivity index (χ1) is 15.6. The van der Waals surface area contributed by atoms with Crippen molar-refractivity contribution in [3.05, 3.63) is 90.1 Å². The molecule has 0 aliphatic carbocycles. The number of hydrogen-bond acceptors (Lipinski definition) is 4. The fourth-order valence-corrected chi connectivity index (χ4v) is 4.20. The van der Waals surface area contributed by atoms with E-state index in [1.54, 1.807) is 36.5 Å². The Kier molecular flexibility index (Phi) is 5.57. The molecule has 5 nitrogen and oxygen atoms in total. The lowest BCUT2D eigenvalue weighted by molar-refractivity contribution is 0.102. The molecule has 5 rings (SSSR count). The summed E-state index contributed by atoms with van der Waals surface area (Å²) in [7, 11) is 0. The fraction of sp³-hybridized carbons (Fsp3) is 0.185. The van der Waals surface area contributed by atoms with Crippen molar-refractivity contribution in [2.24, 2.45) is 0 Å². The van der Waals surface area contributed by atoms with E-state index in [2.05, 4.69) is 39.5 Å². The smallest absolute Gasteiger partial charge is 0.257 e. The summed E-state index contributed by atoms with van der Waals surface area (Å²) in [5.74, 6) is 0.0164. The topological polar surface area (TPSA) is 65.5 Å². The molecule has 2 heterocycles. The maximum Gasteiger partial charge on any atom is 0.257 e. The van der Waals surface area contributed by atoms with Crippen molar-refractivity contribution in [2.75, 3.05) is 18.4 Å². The molecule has 0 radical (unpaired) electrons. The predicted molar refractivity (Wildman–Crippen MR) is 128 cm³/mol. The first kappa shape index (κ1) is 20.2. The molecule has 1 saturated heterocycles. The summed E-state index contributed by atoms with van der Waals surface area (Å²) >= 11 is 0. The van der Waals surface area contributed by atoms with Crippen LogP contribution in [0.1, 0.15) is 28.8 Å². The lowest BCUT2D eigenvalue weighted by atomic mass is 10.1. The molecule has 1 aliphatic heterocycles. The van der Waals surface area contributed by atoms with Gasteiger partial charge in [0.05, 0.1) is 11.3 Å². The third kappa shape index (κ3) is 4.48. The number of rotatable bonds is 5. The summed E-state index contributed by atoms with van der Waals surface area (Å²) in [6.45, 7) is 3.38. The number of benzene rings is 3. The van der Waals surface area contributed by atoms with E-state index in [0.29, 0.717) is 5.56 Å². The molecule has 5 heteroatoms. The third-order valence-corrected chi connectivity index (χ3v) is 5.96. The number of pyridine rings is 1. The molecule has 2 N–H and O–H groups in total. The van der Waals surface area contributed by atoms with Crippen LogP contribution >= 0.6 is 0 Å². The van der Waals surface area contributed by atoms with Crippen LogP contribution in [0.15, 0.2) is 79.0 Å². The zero-order chi connectivity index (χ0) is 21.9. The molecule has 160 valence electrons. The second-order valence-electron chi connectivity index (χ2n) is 8.31. The minimum absolute atomic E-state index is 0.195. The molecule has 0 unspecified atom stereocenters. The molecular formula is C27H25N3O2. The number of phenols is 1. The quantitative estimate of drug-likeness (QED) is 0.448. The number of anilines is 1. The number of likely N-dealkylation sites (tertiary alicyclic amines) is 1. The van der Waals surface area contributed by atoms with E-state index in [0.717, 1.165) is 28.9 Å². The highest BCUT2D eigenvalue weighted by Gasteiger charge is 2.12. The van der Waals surface area contributed by atoms with E-state index >= 15 is 0 Å². The van der Waals surface area contributed by atoms with E-state index in [1.165, 1.54) is 36.9 Å². The zero-order valence-electron chi connectivity index (χ0n) is 17.8. The number of phenolic OH excluding ortho intramolecular Hbond substituents is 1. The molecule has 4 aromatic rings. The van der Waals surface area contributed by atoms with E-state index in [-0.39, 0.29) is 11.7 Å². The third-order valence-electron chi connectivity index (χ3n) is 5.96. The van der Waals surface area contributed by atoms with Crippen molar-refractivity contribution < 1.29 is 9.90 Å². The lowest BCUT2D eigenvalue weighted by Gasteiger charge is -2.15. The molecule has 0 saturated carbocycles. The fourth-order valence-electron chi connectivity index (χ4n) is 4.20. The van der Waals surface area contributed by atoms with Crippen molar-refractivity contribution in [2.45, 2.75) is 19.4 Å². The van der Waals surface area contributed by atoms with Gasteiger partial charge in [0.2, 0.25) is 0 Å². The second kappa shape index (κ2) is 8.81. The Balaban J connectivity index is 1.28. The standard InChI is InChI=1S/C27H25N3O2/c31-25-10-6-20(7-11-25)26-12-8-23(17-28-26)27(32)29-24-9-5-21-15-19(3-4-22(21)16-24)18-30-13-1-2-14-30/h3-12,15-17,31H,1-2,13-14,18H2,(H,29,32). The number of amides is 1. The van der Waals surface area contributed by atoms with Crippen molar-refractivity contribution in [1.29, 1.82) is 0 Å². The number of carbonyl (C=O) groups excluding carboxylic acids is 1. The van der Waals surface area contributed by atoms with Gasteiger partial charge in [0.1, 0.15) is 5.75 Å². The van der Waals surface area contributed by atoms with Gasteiger partial charge in [-0.1, -0.05) is 18.2 Å². The first-order valence-corrected chi connectivity index (χ1v) is 11.0. The molecule has 32 heavy (non-hydrogen) atoms. The van der Waals surface area contributed by atoms with E-state index in [9.17, 15) is 9.90 Å². The Morgan fingerprint density at radius 3 is 2.41 bits per heavy atom. The van der Waals surface area contributed by atoms with Crippen LogP contribution in [0.4, 0.5) is 5.69 Å². The normalized spacial score (nSPS) is 14.0. The van der Waals surface area contributed by atoms with Gasteiger partial charge in [0, 0.05) is 24.0 Å². The average Bonchev–Trinajstić information content (AvgIpc) is 3.33. The summed E-state index contributed by atoms with van der Waals surface area (Å²) < 4.78 is 0. The Morgan fingerprint density at radius 1 is 0.906 bits per heavy atom. The number of carbonyl (C=O) groups is 1. The van der Waals surface area contributed by atoms with Crippen LogP contribution in [0, 0.1) is 0 Å². The average molecular weight is 424 g/mol. The van der Waals surface area contributed by atoms with Crippen LogP contribution in [0.5, 0.6) is 5.75 Å². The highest BCUT2D eigenvalue weighted by atomic mass is 16.3. The van der Waals surface area contributed by atoms with E-state index in [4.69, 9.17) is 0 Å². The van der Waals surface area contributed by atoms with Gasteiger partial charge in [-0.05, 0) is 96.9 Å². The molecule has 0 bridgehead atoms. The maximum atomic E-state index is 12.7. The largest absolute Gasteiger partial charge is 0.508 e. The lowest BCUT2D eigenvalue weighted by Crippen LogP contribution is -2.18. The van der Waals surface area contributed by atoms with Crippen LogP contribution < -0.4 is 5.32 Å². The minimum atomic E-state index is -0.195. The van der Waals surface area contributed by atoms with Gasteiger partial charge >= 0.3 is 0 Å². The van der Waals surface area contributed by atoms with E-state index < -0.39 is 0 Å². The Morgan fingerprint density at radius 2 is 1.66 bits per heavy atom. The number of hydrogen-bond donors (Lipinski definition) is 2. The van der Waals surface area contributed by atoms with Gasteiger partial charge < -0.3 is 10.4 Å². The number of fused-ring (bicyclic) bond motifs is 1. The van der Waals surface area contributed by atoms with Crippen molar-refractivity contribution >= 4 is 22.4 Å². The van der Waals surface area contributed by atoms with Crippen LogP contribution in [-0.4, -0.2) is 34.0 Å². The van der Waals surface area contributed by atoms with Gasteiger partial charge in [-0.15, -0.1) is 0 Å². The highest BCUT2D eigenvalue weighted by Crippen LogP contribution is 2.24. The molecule has 0 atom stereocenters. The van der Waals surface area contributed by atoms with Gasteiger partial charge in [-0.25, -0.2) is 0 Å². The van der Waals surface area contributed by atoms with Crippen LogP contribution in [0.2, 0.25) is 0 Å². The number of aromatic nitrogens is 1. The Hall–Kier alpha value is -3.70. The molecule has 1 fully saturated rings. The number of aromatic hydroxyl groups is 1. The van der Waals surface area contributed by atoms with Crippen LogP contribution in [-0.2, 0) is 6.54 Å². The van der Waals surface area contributed by atoms with Crippen molar-refractivity contribution in [3.8, 4) is 17.0 Å². The minimum Gasteiger partial charge on any atom is -0.508 e. The summed E-state index contributed by atoms with van der Waals surface area (Å²) in [5, 5.41) is 14.7. The molecule has 1 amide bonds. The molecular weight excluding hydrogens is 398 g/mol. The first-order valence-electron chi connectivity index (χ1n) is 11.0. The predicted octanol–water partition coefficient (Wildman–Crippen LogP) is 5.46. The van der Waals surface area contributed by atoms with Gasteiger partial charge in [-0.2, -0.15) is 0 Å². The van der Waals surface area contributed by atoms with Gasteiger partial charge in [0.15, 0.2) is 0 Å². The van der Waals surface area contributed by atoms with E-state index in [1.807, 2.05) is 18.2 Å². The summed E-state index contributed by atoms with van der Waals surface area (Å²) in [6.07, 6.45) is 4.17. The van der Waals surface area contributed by atoms with Crippen molar-refractivity contribution in [1.82, 2.24) is 9.88 Å². The summed E-state index contributed by atoms with van der Waals surface area (Å²) in [5.41, 5.74) is 4.22. The number of nitrogens with one attached hydrogen (secondary N) is 1. The monoisotopic (exact) mass is 423 g/mol. The number of nitrogens with zero attached hydrogens (tertiary/aromatic N) is 2. The molecule has 0 spiro atoms. The van der Waals surface area contributed by atoms with Gasteiger partial charge in [0.25, 0.3) is 5.91 Å². The molecule has 1 aliphatic rings. The second-order valence-corrected chi connectivity index (χ2v) is 8.31. The SMILES string of the molecule is O=C(Nc1ccc2cc(CN3CCCC3)ccc2c1)c1ccc(-c2ccc(O)cc2)nc1. The Bertz CT molecular complexity index is 1240. The summed E-state index contributed by atoms with van der Waals surface area (Å²) in [4.78, 5) is 19.6. The Labute approximate surface area is 187 Å². The van der Waals surface area contributed by atoms with Crippen LogP contribution in [0.25, 0.3) is 22.0 Å². The summed E-state index contributed by atoms with van der Waals surface area (Å²) in [6, 6.07) is 23.0. The maximum absolute atomic E-state index is 12.7. The van der Waals surface area contributed by atoms with Crippen molar-refractivity contribution in [3.63, 3.8) is 0 Å².